The Kier molecular flexibility index (Phi) is 5.80. The fourth-order valence-electron chi connectivity index (χ4n) is 5.04. The van der Waals surface area contributed by atoms with E-state index in [2.05, 4.69) is 107 Å². The fraction of sp³-hybridized carbons (Fsp3) is 0.226. The van der Waals surface area contributed by atoms with E-state index in [1.54, 1.807) is 0 Å². The highest BCUT2D eigenvalue weighted by Gasteiger charge is 2.15. The van der Waals surface area contributed by atoms with Gasteiger partial charge in [0.1, 0.15) is 11.4 Å². The smallest absolute Gasteiger partial charge is 0.159 e. The number of fused-ring (bicyclic) bond motifs is 2. The SMILES string of the molecule is CCn1c(-c2ccc(C)cn2)nc2cc(Cc3ccc4c(c3)nc(-c3ccc(C)cn3)n4CC)ccc21. The quantitative estimate of drug-likeness (QED) is 0.261. The van der Waals surface area contributed by atoms with Gasteiger partial charge in [0.15, 0.2) is 11.6 Å². The van der Waals surface area contributed by atoms with Crippen LogP contribution in [0.4, 0.5) is 0 Å². The summed E-state index contributed by atoms with van der Waals surface area (Å²) in [5.41, 5.74) is 10.8. The van der Waals surface area contributed by atoms with Crippen molar-refractivity contribution in [3.05, 3.63) is 95.3 Å². The molecular formula is C31H30N6. The molecular weight excluding hydrogens is 456 g/mol. The van der Waals surface area contributed by atoms with Crippen LogP contribution in [0.15, 0.2) is 73.1 Å². The third-order valence-electron chi connectivity index (χ3n) is 6.95. The highest BCUT2D eigenvalue weighted by atomic mass is 15.1. The van der Waals surface area contributed by atoms with Gasteiger partial charge in [-0.2, -0.15) is 0 Å². The zero-order valence-electron chi connectivity index (χ0n) is 21.7. The maximum atomic E-state index is 4.98. The molecule has 4 heterocycles. The first kappa shape index (κ1) is 23.1. The molecule has 6 heteroatoms. The van der Waals surface area contributed by atoms with Gasteiger partial charge < -0.3 is 9.13 Å². The Hall–Kier alpha value is -4.32. The molecule has 6 aromatic rings. The highest BCUT2D eigenvalue weighted by Crippen LogP contribution is 2.28. The Bertz CT molecular complexity index is 1590. The van der Waals surface area contributed by atoms with Crippen LogP contribution < -0.4 is 0 Å². The number of benzene rings is 2. The summed E-state index contributed by atoms with van der Waals surface area (Å²) >= 11 is 0. The van der Waals surface area contributed by atoms with Gasteiger partial charge in [-0.25, -0.2) is 9.97 Å². The second-order valence-corrected chi connectivity index (χ2v) is 9.62. The number of aromatic nitrogens is 6. The molecule has 0 atom stereocenters. The number of hydrogen-bond acceptors (Lipinski definition) is 4. The summed E-state index contributed by atoms with van der Waals surface area (Å²) < 4.78 is 4.47. The first-order chi connectivity index (χ1) is 18.0. The van der Waals surface area contributed by atoms with Crippen molar-refractivity contribution in [3.8, 4) is 23.0 Å². The van der Waals surface area contributed by atoms with Crippen LogP contribution in [-0.2, 0) is 19.5 Å². The first-order valence-electron chi connectivity index (χ1n) is 12.9. The topological polar surface area (TPSA) is 61.4 Å². The molecule has 184 valence electrons. The van der Waals surface area contributed by atoms with Gasteiger partial charge in [0.05, 0.1) is 22.1 Å². The molecule has 0 amide bonds. The maximum Gasteiger partial charge on any atom is 0.159 e. The second-order valence-electron chi connectivity index (χ2n) is 9.62. The van der Waals surface area contributed by atoms with Crippen molar-refractivity contribution < 1.29 is 0 Å². The van der Waals surface area contributed by atoms with Gasteiger partial charge in [0, 0.05) is 25.5 Å². The summed E-state index contributed by atoms with van der Waals surface area (Å²) in [5.74, 6) is 1.83. The van der Waals surface area contributed by atoms with Crippen molar-refractivity contribution in [1.82, 2.24) is 29.1 Å². The predicted molar refractivity (Wildman–Crippen MR) is 150 cm³/mol. The summed E-state index contributed by atoms with van der Waals surface area (Å²) in [6.07, 6.45) is 4.62. The predicted octanol–water partition coefficient (Wildman–Crippen LogP) is 6.76. The third kappa shape index (κ3) is 4.18. The average Bonchev–Trinajstić information content (AvgIpc) is 3.46. The Morgan fingerprint density at radius 2 is 1.05 bits per heavy atom. The molecule has 0 fully saturated rings. The minimum atomic E-state index is 0.820. The van der Waals surface area contributed by atoms with E-state index in [0.29, 0.717) is 0 Å². The van der Waals surface area contributed by atoms with E-state index in [-0.39, 0.29) is 0 Å². The number of pyridine rings is 2. The van der Waals surface area contributed by atoms with Crippen LogP contribution >= 0.6 is 0 Å². The lowest BCUT2D eigenvalue weighted by molar-refractivity contribution is 0.793. The molecule has 0 aliphatic rings. The number of aryl methyl sites for hydroxylation is 4. The Morgan fingerprint density at radius 1 is 0.595 bits per heavy atom. The molecule has 0 radical (unpaired) electrons. The Labute approximate surface area is 216 Å². The van der Waals surface area contributed by atoms with E-state index in [9.17, 15) is 0 Å². The van der Waals surface area contributed by atoms with Crippen molar-refractivity contribution in [1.29, 1.82) is 0 Å². The lowest BCUT2D eigenvalue weighted by Gasteiger charge is -2.07. The van der Waals surface area contributed by atoms with Gasteiger partial charge in [-0.3, -0.25) is 9.97 Å². The standard InChI is InChI=1S/C31H30N6/c1-5-36-28-13-9-22(16-26(28)34-30(36)24-11-7-20(3)18-32-24)15-23-10-14-29-27(17-23)35-31(37(29)6-2)25-12-8-21(4)19-33-25/h7-14,16-19H,5-6,15H2,1-4H3. The van der Waals surface area contributed by atoms with Crippen LogP contribution in [0.2, 0.25) is 0 Å². The second kappa shape index (κ2) is 9.28. The number of rotatable bonds is 6. The summed E-state index contributed by atoms with van der Waals surface area (Å²) in [5, 5.41) is 0. The molecule has 0 aliphatic heterocycles. The van der Waals surface area contributed by atoms with Crippen LogP contribution in [0.5, 0.6) is 0 Å². The summed E-state index contributed by atoms with van der Waals surface area (Å²) in [6, 6.07) is 21.5. The van der Waals surface area contributed by atoms with Crippen LogP contribution in [0.1, 0.15) is 36.1 Å². The maximum absolute atomic E-state index is 4.98. The van der Waals surface area contributed by atoms with Crippen molar-refractivity contribution in [2.24, 2.45) is 0 Å². The summed E-state index contributed by atoms with van der Waals surface area (Å²) in [6.45, 7) is 10.1. The van der Waals surface area contributed by atoms with E-state index in [1.165, 1.54) is 11.1 Å². The molecule has 0 bridgehead atoms. The van der Waals surface area contributed by atoms with Gasteiger partial charge in [0.25, 0.3) is 0 Å². The Balaban J connectivity index is 1.35. The van der Waals surface area contributed by atoms with Crippen molar-refractivity contribution in [3.63, 3.8) is 0 Å². The number of imidazole rings is 2. The number of hydrogen-bond donors (Lipinski definition) is 0. The van der Waals surface area contributed by atoms with E-state index >= 15 is 0 Å². The van der Waals surface area contributed by atoms with Crippen LogP contribution in [0.3, 0.4) is 0 Å². The van der Waals surface area contributed by atoms with Gasteiger partial charge >= 0.3 is 0 Å². The lowest BCUT2D eigenvalue weighted by Crippen LogP contribution is -1.99. The van der Waals surface area contributed by atoms with Crippen molar-refractivity contribution in [2.75, 3.05) is 0 Å². The Morgan fingerprint density at radius 3 is 1.43 bits per heavy atom. The van der Waals surface area contributed by atoms with Gasteiger partial charge in [-0.15, -0.1) is 0 Å². The van der Waals surface area contributed by atoms with Crippen LogP contribution in [0.25, 0.3) is 45.1 Å². The monoisotopic (exact) mass is 486 g/mol. The molecule has 0 saturated carbocycles. The van der Waals surface area contributed by atoms with E-state index in [4.69, 9.17) is 9.97 Å². The number of nitrogens with zero attached hydrogens (tertiary/aromatic N) is 6. The molecule has 0 aliphatic carbocycles. The first-order valence-corrected chi connectivity index (χ1v) is 12.9. The zero-order valence-corrected chi connectivity index (χ0v) is 21.7. The van der Waals surface area contributed by atoms with Gasteiger partial charge in [0.2, 0.25) is 0 Å². The largest absolute Gasteiger partial charge is 0.323 e. The molecule has 2 aromatic carbocycles. The van der Waals surface area contributed by atoms with Gasteiger partial charge in [-0.05, 0) is 92.8 Å². The molecule has 37 heavy (non-hydrogen) atoms. The molecule has 0 N–H and O–H groups in total. The van der Waals surface area contributed by atoms with E-state index < -0.39 is 0 Å². The molecule has 0 saturated heterocycles. The van der Waals surface area contributed by atoms with Crippen molar-refractivity contribution >= 4 is 22.1 Å². The highest BCUT2D eigenvalue weighted by molar-refractivity contribution is 5.82. The van der Waals surface area contributed by atoms with Gasteiger partial charge in [-0.1, -0.05) is 24.3 Å². The van der Waals surface area contributed by atoms with E-state index in [0.717, 1.165) is 75.7 Å². The van der Waals surface area contributed by atoms with E-state index in [1.807, 2.05) is 12.4 Å². The molecule has 4 aromatic heterocycles. The van der Waals surface area contributed by atoms with Crippen molar-refractivity contribution in [2.45, 2.75) is 47.2 Å². The summed E-state index contributed by atoms with van der Waals surface area (Å²) in [7, 11) is 0. The minimum absolute atomic E-state index is 0.820. The minimum Gasteiger partial charge on any atom is -0.323 e. The molecule has 6 rings (SSSR count). The van der Waals surface area contributed by atoms with Crippen LogP contribution in [0, 0.1) is 13.8 Å². The fourth-order valence-corrected chi connectivity index (χ4v) is 5.04. The molecule has 0 unspecified atom stereocenters. The zero-order chi connectivity index (χ0) is 25.5. The average molecular weight is 487 g/mol. The molecule has 6 nitrogen and oxygen atoms in total. The molecule has 0 spiro atoms. The van der Waals surface area contributed by atoms with Crippen LogP contribution in [-0.4, -0.2) is 29.1 Å². The normalized spacial score (nSPS) is 11.6. The third-order valence-corrected chi connectivity index (χ3v) is 6.95. The summed E-state index contributed by atoms with van der Waals surface area (Å²) in [4.78, 5) is 19.2. The lowest BCUT2D eigenvalue weighted by atomic mass is 10.0.